The molecule has 0 radical (unpaired) electrons. The number of aliphatic imine (C=N–C) groups is 1. The van der Waals surface area contributed by atoms with Gasteiger partial charge in [0.15, 0.2) is 5.69 Å². The highest BCUT2D eigenvalue weighted by atomic mass is 19.1. The number of aromatic nitrogens is 3. The van der Waals surface area contributed by atoms with E-state index in [9.17, 15) is 13.6 Å². The number of pyridine rings is 1. The van der Waals surface area contributed by atoms with Crippen LogP contribution in [0.1, 0.15) is 49.3 Å². The zero-order valence-electron chi connectivity index (χ0n) is 22.9. The molecule has 7 nitrogen and oxygen atoms in total. The largest absolute Gasteiger partial charge is 0.305 e. The average Bonchev–Trinajstić information content (AvgIpc) is 3.47. The Morgan fingerprint density at radius 1 is 0.950 bits per heavy atom. The number of imidazole rings is 1. The molecule has 0 spiro atoms. The maximum Gasteiger partial charge on any atom is 0.283 e. The fourth-order valence-electron chi connectivity index (χ4n) is 5.53. The summed E-state index contributed by atoms with van der Waals surface area (Å²) in [4.78, 5) is 31.9. The fraction of sp³-hybridized carbons (Fsp3) is 0.290. The number of fused-ring (bicyclic) bond motifs is 3. The first-order chi connectivity index (χ1) is 19.2. The number of guanidine groups is 1. The fourth-order valence-corrected chi connectivity index (χ4v) is 5.53. The Bertz CT molecular complexity index is 1660. The van der Waals surface area contributed by atoms with Crippen LogP contribution in [-0.2, 0) is 13.0 Å². The van der Waals surface area contributed by atoms with Gasteiger partial charge in [-0.3, -0.25) is 19.6 Å². The molecule has 40 heavy (non-hydrogen) atoms. The summed E-state index contributed by atoms with van der Waals surface area (Å²) in [7, 11) is 0. The number of carbonyl (C=O) groups excluding carboxylic acids is 1. The van der Waals surface area contributed by atoms with E-state index in [4.69, 9.17) is 9.98 Å². The van der Waals surface area contributed by atoms with E-state index in [2.05, 4.69) is 9.88 Å². The molecule has 4 heterocycles. The number of nitrogens with zero attached hydrogens (tertiary/aromatic N) is 6. The van der Waals surface area contributed by atoms with Gasteiger partial charge in [0.2, 0.25) is 5.96 Å². The van der Waals surface area contributed by atoms with Gasteiger partial charge in [-0.1, -0.05) is 25.1 Å². The third-order valence-electron chi connectivity index (χ3n) is 7.41. The Kier molecular flexibility index (Phi) is 6.24. The van der Waals surface area contributed by atoms with Crippen molar-refractivity contribution in [2.24, 2.45) is 4.99 Å². The number of rotatable bonds is 6. The molecule has 0 fully saturated rings. The van der Waals surface area contributed by atoms with Crippen molar-refractivity contribution in [2.75, 3.05) is 18.0 Å². The standard InChI is InChI=1S/C31H30F2N6O/c1-5-19-14-24(33)12-10-22(19)17-38-27(21-11-13-25(34-16-21)20-8-7-9-23(32)15-20)35-26-28(38)39-18-31(3,4)36-30(39)37(6-2)29(26)40/h7-16H,5-6,17-18H2,1-4H3. The van der Waals surface area contributed by atoms with Gasteiger partial charge in [0.1, 0.15) is 23.3 Å². The van der Waals surface area contributed by atoms with Crippen molar-refractivity contribution in [3.05, 3.63) is 89.2 Å². The van der Waals surface area contributed by atoms with Crippen LogP contribution in [0.25, 0.3) is 22.6 Å². The SMILES string of the molecule is CCc1cc(F)ccc1Cn1c(-c2ccc(-c3cccc(F)c3)nc2)nc2c1N1CC(C)(C)N=C1N(CC)C2=O. The van der Waals surface area contributed by atoms with E-state index in [-0.39, 0.29) is 17.5 Å². The van der Waals surface area contributed by atoms with Crippen LogP contribution in [0.15, 0.2) is 65.8 Å². The predicted octanol–water partition coefficient (Wildman–Crippen LogP) is 5.93. The molecule has 4 aromatic rings. The third kappa shape index (κ3) is 4.35. The first kappa shape index (κ1) is 25.9. The lowest BCUT2D eigenvalue weighted by atomic mass is 10.0. The summed E-state index contributed by atoms with van der Waals surface area (Å²) < 4.78 is 29.9. The minimum absolute atomic E-state index is 0.204. The average molecular weight is 541 g/mol. The topological polar surface area (TPSA) is 66.6 Å². The first-order valence-electron chi connectivity index (χ1n) is 13.5. The van der Waals surface area contributed by atoms with Gasteiger partial charge in [0, 0.05) is 23.9 Å². The first-order valence-corrected chi connectivity index (χ1v) is 13.5. The van der Waals surface area contributed by atoms with Crippen LogP contribution in [0.2, 0.25) is 0 Å². The lowest BCUT2D eigenvalue weighted by Gasteiger charge is -2.34. The molecule has 2 aliphatic heterocycles. The number of hydrogen-bond acceptors (Lipinski definition) is 5. The van der Waals surface area contributed by atoms with E-state index in [0.29, 0.717) is 66.2 Å². The van der Waals surface area contributed by atoms with E-state index in [0.717, 1.165) is 11.1 Å². The number of anilines is 1. The molecule has 0 atom stereocenters. The van der Waals surface area contributed by atoms with E-state index >= 15 is 0 Å². The quantitative estimate of drug-likeness (QED) is 0.304. The second-order valence-corrected chi connectivity index (χ2v) is 10.8. The number of carbonyl (C=O) groups is 1. The predicted molar refractivity (Wildman–Crippen MR) is 151 cm³/mol. The molecule has 0 unspecified atom stereocenters. The Balaban J connectivity index is 1.52. The van der Waals surface area contributed by atoms with Crippen LogP contribution >= 0.6 is 0 Å². The molecule has 6 rings (SSSR count). The van der Waals surface area contributed by atoms with Crippen LogP contribution in [-0.4, -0.2) is 49.9 Å². The maximum absolute atomic E-state index is 14.1. The van der Waals surface area contributed by atoms with Gasteiger partial charge in [0.25, 0.3) is 5.91 Å². The van der Waals surface area contributed by atoms with E-state index in [1.54, 1.807) is 35.4 Å². The molecule has 9 heteroatoms. The summed E-state index contributed by atoms with van der Waals surface area (Å²) in [5.41, 5.74) is 3.80. The molecule has 0 bridgehead atoms. The lowest BCUT2D eigenvalue weighted by molar-refractivity contribution is 0.0841. The van der Waals surface area contributed by atoms with Crippen molar-refractivity contribution in [1.29, 1.82) is 0 Å². The van der Waals surface area contributed by atoms with Crippen molar-refractivity contribution >= 4 is 17.7 Å². The monoisotopic (exact) mass is 540 g/mol. The van der Waals surface area contributed by atoms with Crippen LogP contribution < -0.4 is 4.90 Å². The van der Waals surface area contributed by atoms with Gasteiger partial charge in [0.05, 0.1) is 24.3 Å². The molecule has 2 aromatic heterocycles. The molecular formula is C31H30F2N6O. The number of halogens is 2. The molecular weight excluding hydrogens is 510 g/mol. The highest BCUT2D eigenvalue weighted by Crippen LogP contribution is 2.39. The second kappa shape index (κ2) is 9.66. The number of hydrogen-bond donors (Lipinski definition) is 0. The normalized spacial score (nSPS) is 15.8. The molecule has 204 valence electrons. The van der Waals surface area contributed by atoms with Crippen LogP contribution in [0.5, 0.6) is 0 Å². The highest BCUT2D eigenvalue weighted by molar-refractivity contribution is 6.18. The summed E-state index contributed by atoms with van der Waals surface area (Å²) in [6.07, 6.45) is 2.36. The van der Waals surface area contributed by atoms with Crippen molar-refractivity contribution in [2.45, 2.75) is 46.2 Å². The van der Waals surface area contributed by atoms with Gasteiger partial charge < -0.3 is 4.57 Å². The van der Waals surface area contributed by atoms with E-state index in [1.807, 2.05) is 44.4 Å². The molecule has 0 saturated carbocycles. The van der Waals surface area contributed by atoms with Crippen molar-refractivity contribution in [3.8, 4) is 22.6 Å². The van der Waals surface area contributed by atoms with Gasteiger partial charge in [-0.2, -0.15) is 0 Å². The summed E-state index contributed by atoms with van der Waals surface area (Å²) in [6, 6.07) is 14.8. The summed E-state index contributed by atoms with van der Waals surface area (Å²) in [5.74, 6) is 1.05. The van der Waals surface area contributed by atoms with Gasteiger partial charge in [-0.05, 0) is 74.7 Å². The van der Waals surface area contributed by atoms with E-state index < -0.39 is 5.54 Å². The zero-order valence-corrected chi connectivity index (χ0v) is 22.9. The number of benzene rings is 2. The summed E-state index contributed by atoms with van der Waals surface area (Å²) in [5, 5.41) is 0. The Hall–Kier alpha value is -4.40. The summed E-state index contributed by atoms with van der Waals surface area (Å²) >= 11 is 0. The highest BCUT2D eigenvalue weighted by Gasteiger charge is 2.45. The summed E-state index contributed by atoms with van der Waals surface area (Å²) in [6.45, 7) is 9.45. The molecule has 0 saturated heterocycles. The minimum Gasteiger partial charge on any atom is -0.305 e. The van der Waals surface area contributed by atoms with Crippen LogP contribution in [0.3, 0.4) is 0 Å². The van der Waals surface area contributed by atoms with Gasteiger partial charge >= 0.3 is 0 Å². The van der Waals surface area contributed by atoms with Crippen molar-refractivity contribution in [1.82, 2.24) is 19.4 Å². The van der Waals surface area contributed by atoms with Crippen molar-refractivity contribution in [3.63, 3.8) is 0 Å². The van der Waals surface area contributed by atoms with Gasteiger partial charge in [-0.15, -0.1) is 0 Å². The lowest BCUT2D eigenvalue weighted by Crippen LogP contribution is -2.51. The van der Waals surface area contributed by atoms with Crippen LogP contribution in [0, 0.1) is 11.6 Å². The molecule has 0 aliphatic carbocycles. The molecule has 1 amide bonds. The van der Waals surface area contributed by atoms with E-state index in [1.165, 1.54) is 18.2 Å². The van der Waals surface area contributed by atoms with Crippen LogP contribution in [0.4, 0.5) is 14.6 Å². The Morgan fingerprint density at radius 2 is 1.75 bits per heavy atom. The molecule has 0 N–H and O–H groups in total. The minimum atomic E-state index is -0.390. The number of amides is 1. The number of aryl methyl sites for hydroxylation is 1. The smallest absolute Gasteiger partial charge is 0.283 e. The Morgan fingerprint density at radius 3 is 2.45 bits per heavy atom. The molecule has 2 aromatic carbocycles. The third-order valence-corrected chi connectivity index (χ3v) is 7.41. The van der Waals surface area contributed by atoms with Gasteiger partial charge in [-0.25, -0.2) is 18.8 Å². The maximum atomic E-state index is 14.1. The Labute approximate surface area is 231 Å². The van der Waals surface area contributed by atoms with Crippen molar-refractivity contribution < 1.29 is 13.6 Å². The second-order valence-electron chi connectivity index (χ2n) is 10.8. The zero-order chi connectivity index (χ0) is 28.2. The molecule has 2 aliphatic rings.